The van der Waals surface area contributed by atoms with E-state index in [0.29, 0.717) is 35.2 Å². The molecule has 0 bridgehead atoms. The van der Waals surface area contributed by atoms with Crippen molar-refractivity contribution in [1.29, 1.82) is 0 Å². The molecule has 1 N–H and O–H groups in total. The van der Waals surface area contributed by atoms with E-state index in [-0.39, 0.29) is 12.6 Å². The average molecular weight is 385 g/mol. The second-order valence-electron chi connectivity index (χ2n) is 6.86. The summed E-state index contributed by atoms with van der Waals surface area (Å²) in [4.78, 5) is 27.3. The van der Waals surface area contributed by atoms with Crippen LogP contribution in [-0.2, 0) is 16.1 Å². The summed E-state index contributed by atoms with van der Waals surface area (Å²) in [7, 11) is 0. The van der Waals surface area contributed by atoms with Gasteiger partial charge in [-0.2, -0.15) is 5.10 Å². The minimum atomic E-state index is -0.533. The molecule has 1 aliphatic heterocycles. The van der Waals surface area contributed by atoms with Gasteiger partial charge in [0.05, 0.1) is 29.0 Å². The molecule has 0 amide bonds. The molecule has 3 aromatic rings. The van der Waals surface area contributed by atoms with Crippen LogP contribution in [0.3, 0.4) is 0 Å². The molecule has 7 nitrogen and oxygen atoms in total. The zero-order chi connectivity index (χ0) is 19.7. The first-order valence-corrected chi connectivity index (χ1v) is 9.13. The second-order valence-corrected chi connectivity index (χ2v) is 6.86. The average Bonchev–Trinajstić information content (AvgIpc) is 3.08. The largest absolute Gasteiger partial charge is 0.457 e. The normalized spacial score (nSPS) is 15.1. The summed E-state index contributed by atoms with van der Waals surface area (Å²) < 4.78 is 25.8. The molecule has 0 spiro atoms. The van der Waals surface area contributed by atoms with Gasteiger partial charge < -0.3 is 14.5 Å². The van der Waals surface area contributed by atoms with Crippen LogP contribution in [0.1, 0.15) is 40.5 Å². The smallest absolute Gasteiger partial charge is 0.341 e. The van der Waals surface area contributed by atoms with Gasteiger partial charge in [0, 0.05) is 13.2 Å². The predicted molar refractivity (Wildman–Crippen MR) is 99.7 cm³/mol. The molecule has 1 aliphatic rings. The Morgan fingerprint density at radius 2 is 2.14 bits per heavy atom. The minimum absolute atomic E-state index is 0.177. The number of nitrogens with one attached hydrogen (secondary N) is 1. The molecule has 4 rings (SSSR count). The SMILES string of the molecule is Cc1c(C(=O)OCc2cc3ccc(F)cc3[nH]c2=O)cnn1C1CCOCC1. The first kappa shape index (κ1) is 18.4. The first-order valence-electron chi connectivity index (χ1n) is 9.13. The number of H-pyrrole nitrogens is 1. The van der Waals surface area contributed by atoms with Gasteiger partial charge in [0.2, 0.25) is 0 Å². The molecule has 1 saturated heterocycles. The Morgan fingerprint density at radius 3 is 2.93 bits per heavy atom. The fourth-order valence-electron chi connectivity index (χ4n) is 3.47. The summed E-state index contributed by atoms with van der Waals surface area (Å²) in [6.45, 7) is 3.01. The molecule has 146 valence electrons. The van der Waals surface area contributed by atoms with Crippen LogP contribution in [0, 0.1) is 12.7 Å². The van der Waals surface area contributed by atoms with Crippen LogP contribution in [0.5, 0.6) is 0 Å². The Bertz CT molecular complexity index is 1080. The summed E-state index contributed by atoms with van der Waals surface area (Å²) in [5.41, 5.74) is 1.39. The molecule has 0 radical (unpaired) electrons. The van der Waals surface area contributed by atoms with Crippen LogP contribution in [-0.4, -0.2) is 33.9 Å². The molecule has 0 unspecified atom stereocenters. The third-order valence-electron chi connectivity index (χ3n) is 5.04. The molecule has 28 heavy (non-hydrogen) atoms. The van der Waals surface area contributed by atoms with E-state index in [2.05, 4.69) is 10.1 Å². The number of fused-ring (bicyclic) bond motifs is 1. The van der Waals surface area contributed by atoms with Crippen molar-refractivity contribution in [2.24, 2.45) is 0 Å². The van der Waals surface area contributed by atoms with E-state index in [9.17, 15) is 14.0 Å². The Balaban J connectivity index is 1.49. The van der Waals surface area contributed by atoms with E-state index in [0.717, 1.165) is 18.5 Å². The van der Waals surface area contributed by atoms with Crippen LogP contribution in [0.2, 0.25) is 0 Å². The van der Waals surface area contributed by atoms with Crippen molar-refractivity contribution >= 4 is 16.9 Å². The molecule has 0 saturated carbocycles. The maximum absolute atomic E-state index is 13.3. The van der Waals surface area contributed by atoms with E-state index >= 15 is 0 Å². The van der Waals surface area contributed by atoms with Crippen LogP contribution in [0.4, 0.5) is 4.39 Å². The van der Waals surface area contributed by atoms with Gasteiger partial charge >= 0.3 is 5.97 Å². The van der Waals surface area contributed by atoms with E-state index in [4.69, 9.17) is 9.47 Å². The predicted octanol–water partition coefficient (Wildman–Crippen LogP) is 2.88. The first-order chi connectivity index (χ1) is 13.5. The van der Waals surface area contributed by atoms with Gasteiger partial charge in [0.15, 0.2) is 0 Å². The zero-order valence-electron chi connectivity index (χ0n) is 15.4. The van der Waals surface area contributed by atoms with Crippen LogP contribution < -0.4 is 5.56 Å². The number of carbonyl (C=O) groups is 1. The maximum atomic E-state index is 13.3. The van der Waals surface area contributed by atoms with E-state index in [1.54, 1.807) is 12.1 Å². The van der Waals surface area contributed by atoms with Gasteiger partial charge in [-0.05, 0) is 49.4 Å². The fourth-order valence-corrected chi connectivity index (χ4v) is 3.47. The van der Waals surface area contributed by atoms with Crippen LogP contribution >= 0.6 is 0 Å². The van der Waals surface area contributed by atoms with Gasteiger partial charge in [-0.3, -0.25) is 9.48 Å². The molecule has 0 aliphatic carbocycles. The third-order valence-corrected chi connectivity index (χ3v) is 5.04. The fraction of sp³-hybridized carbons (Fsp3) is 0.350. The summed E-state index contributed by atoms with van der Waals surface area (Å²) in [6, 6.07) is 5.93. The maximum Gasteiger partial charge on any atom is 0.341 e. The molecule has 3 heterocycles. The summed E-state index contributed by atoms with van der Waals surface area (Å²) in [5.74, 6) is -0.964. The van der Waals surface area contributed by atoms with Crippen LogP contribution in [0.15, 0.2) is 35.3 Å². The van der Waals surface area contributed by atoms with E-state index in [1.807, 2.05) is 11.6 Å². The van der Waals surface area contributed by atoms with E-state index in [1.165, 1.54) is 18.3 Å². The van der Waals surface area contributed by atoms with E-state index < -0.39 is 17.3 Å². The number of ether oxygens (including phenoxy) is 2. The monoisotopic (exact) mass is 385 g/mol. The number of hydrogen-bond acceptors (Lipinski definition) is 5. The number of aromatic amines is 1. The van der Waals surface area contributed by atoms with Crippen molar-refractivity contribution in [2.45, 2.75) is 32.4 Å². The Hall–Kier alpha value is -3.00. The highest BCUT2D eigenvalue weighted by Gasteiger charge is 2.22. The zero-order valence-corrected chi connectivity index (χ0v) is 15.4. The standard InChI is InChI=1S/C20H20FN3O4/c1-12-17(10-22-24(12)16-4-6-27-7-5-16)20(26)28-11-14-8-13-2-3-15(21)9-18(13)23-19(14)25/h2-3,8-10,16H,4-7,11H2,1H3,(H,23,25). The van der Waals surface area contributed by atoms with Gasteiger partial charge in [-0.25, -0.2) is 9.18 Å². The van der Waals surface area contributed by atoms with Crippen molar-refractivity contribution in [2.75, 3.05) is 13.2 Å². The summed E-state index contributed by atoms with van der Waals surface area (Å²) in [6.07, 6.45) is 3.20. The minimum Gasteiger partial charge on any atom is -0.457 e. The summed E-state index contributed by atoms with van der Waals surface area (Å²) >= 11 is 0. The number of carbonyl (C=O) groups excluding carboxylic acids is 1. The molecule has 2 aromatic heterocycles. The van der Waals surface area contributed by atoms with Gasteiger partial charge in [-0.15, -0.1) is 0 Å². The van der Waals surface area contributed by atoms with Gasteiger partial charge in [-0.1, -0.05) is 0 Å². The van der Waals surface area contributed by atoms with Gasteiger partial charge in [0.25, 0.3) is 5.56 Å². The topological polar surface area (TPSA) is 86.2 Å². The number of pyridine rings is 1. The Labute approximate surface area is 160 Å². The number of aromatic nitrogens is 3. The van der Waals surface area contributed by atoms with Crippen molar-refractivity contribution in [1.82, 2.24) is 14.8 Å². The highest BCUT2D eigenvalue weighted by Crippen LogP contribution is 2.23. The number of nitrogens with zero attached hydrogens (tertiary/aromatic N) is 2. The highest BCUT2D eigenvalue weighted by atomic mass is 19.1. The lowest BCUT2D eigenvalue weighted by Crippen LogP contribution is -2.21. The number of rotatable bonds is 4. The van der Waals surface area contributed by atoms with Gasteiger partial charge in [0.1, 0.15) is 18.0 Å². The van der Waals surface area contributed by atoms with Crippen molar-refractivity contribution in [3.8, 4) is 0 Å². The van der Waals surface area contributed by atoms with Crippen molar-refractivity contribution in [3.63, 3.8) is 0 Å². The quantitative estimate of drug-likeness (QED) is 0.698. The number of halogens is 1. The molecule has 1 aromatic carbocycles. The van der Waals surface area contributed by atoms with Crippen molar-refractivity contribution in [3.05, 3.63) is 63.5 Å². The molecule has 8 heteroatoms. The number of hydrogen-bond donors (Lipinski definition) is 1. The highest BCUT2D eigenvalue weighted by molar-refractivity contribution is 5.90. The number of benzene rings is 1. The summed E-state index contributed by atoms with van der Waals surface area (Å²) in [5, 5.41) is 5.00. The number of esters is 1. The Morgan fingerprint density at radius 1 is 1.36 bits per heavy atom. The molecule has 1 fully saturated rings. The van der Waals surface area contributed by atoms with Crippen LogP contribution in [0.25, 0.3) is 10.9 Å². The lowest BCUT2D eigenvalue weighted by molar-refractivity contribution is 0.0469. The lowest BCUT2D eigenvalue weighted by Gasteiger charge is -2.23. The molecule has 0 atom stereocenters. The lowest BCUT2D eigenvalue weighted by atomic mass is 10.1. The molecular formula is C20H20FN3O4. The third kappa shape index (κ3) is 3.55. The Kier molecular flexibility index (Phi) is 4.95. The second kappa shape index (κ2) is 7.55. The molecular weight excluding hydrogens is 365 g/mol. The van der Waals surface area contributed by atoms with Crippen molar-refractivity contribution < 1.29 is 18.7 Å².